The summed E-state index contributed by atoms with van der Waals surface area (Å²) in [5.74, 6) is -3.25. The molecule has 0 aliphatic carbocycles. The molecule has 0 fully saturated rings. The number of nitrogen functional groups attached to an aromatic ring is 1. The van der Waals surface area contributed by atoms with Crippen molar-refractivity contribution in [3.8, 4) is 11.5 Å². The molecular formula is C36H41F3N4O9S. The van der Waals surface area contributed by atoms with Gasteiger partial charge in [0.05, 0.1) is 35.3 Å². The monoisotopic (exact) mass is 762 g/mol. The first kappa shape index (κ1) is 41.8. The van der Waals surface area contributed by atoms with E-state index in [1.165, 1.54) is 12.1 Å². The molecule has 2 atom stereocenters. The second-order valence-corrected chi connectivity index (χ2v) is 14.6. The highest BCUT2D eigenvalue weighted by molar-refractivity contribution is 7.92. The van der Waals surface area contributed by atoms with Crippen LogP contribution in [-0.4, -0.2) is 65.6 Å². The number of nitrogens with one attached hydrogen (secondary N) is 2. The van der Waals surface area contributed by atoms with Crippen LogP contribution in [0.1, 0.15) is 64.3 Å². The van der Waals surface area contributed by atoms with E-state index < -0.39 is 57.6 Å². The maximum Gasteiger partial charge on any atom is 0.490 e. The van der Waals surface area contributed by atoms with Crippen molar-refractivity contribution in [1.82, 2.24) is 10.3 Å². The van der Waals surface area contributed by atoms with Crippen molar-refractivity contribution in [2.24, 2.45) is 0 Å². The fourth-order valence-electron chi connectivity index (χ4n) is 5.03. The van der Waals surface area contributed by atoms with Gasteiger partial charge in [0.15, 0.2) is 21.3 Å². The van der Waals surface area contributed by atoms with Crippen LogP contribution in [0.3, 0.4) is 0 Å². The molecule has 4 aromatic rings. The van der Waals surface area contributed by atoms with Crippen molar-refractivity contribution >= 4 is 50.0 Å². The van der Waals surface area contributed by atoms with Gasteiger partial charge in [-0.05, 0) is 93.6 Å². The first-order chi connectivity index (χ1) is 24.8. The number of rotatable bonds is 14. The Kier molecular flexibility index (Phi) is 14.0. The first-order valence-corrected chi connectivity index (χ1v) is 17.8. The van der Waals surface area contributed by atoms with Crippen LogP contribution in [0.4, 0.5) is 24.7 Å². The highest BCUT2D eigenvalue weighted by Crippen LogP contribution is 2.35. The third-order valence-corrected chi connectivity index (χ3v) is 9.72. The Morgan fingerprint density at radius 3 is 2.19 bits per heavy atom. The second-order valence-electron chi connectivity index (χ2n) is 12.1. The van der Waals surface area contributed by atoms with Gasteiger partial charge in [-0.2, -0.15) is 13.2 Å². The number of carboxylic acids is 2. The van der Waals surface area contributed by atoms with Crippen LogP contribution in [0.2, 0.25) is 0 Å². The van der Waals surface area contributed by atoms with Gasteiger partial charge < -0.3 is 36.1 Å². The third-order valence-electron chi connectivity index (χ3n) is 7.49. The number of carbonyl (C=O) groups excluding carboxylic acids is 1. The Hall–Kier alpha value is -5.58. The Labute approximate surface area is 304 Å². The topological polar surface area (TPSA) is 207 Å². The van der Waals surface area contributed by atoms with Crippen LogP contribution >= 0.6 is 0 Å². The summed E-state index contributed by atoms with van der Waals surface area (Å²) in [6.45, 7) is 9.07. The molecule has 1 unspecified atom stereocenters. The number of carbonyl (C=O) groups is 3. The fourth-order valence-corrected chi connectivity index (χ4v) is 6.35. The minimum atomic E-state index is -5.08. The zero-order valence-corrected chi connectivity index (χ0v) is 30.3. The van der Waals surface area contributed by atoms with Crippen molar-refractivity contribution in [3.63, 3.8) is 0 Å². The third kappa shape index (κ3) is 11.2. The predicted octanol–water partition coefficient (Wildman–Crippen LogP) is 6.30. The van der Waals surface area contributed by atoms with Crippen LogP contribution in [0.15, 0.2) is 77.8 Å². The Morgan fingerprint density at radius 1 is 0.943 bits per heavy atom. The van der Waals surface area contributed by atoms with E-state index in [9.17, 15) is 36.3 Å². The maximum atomic E-state index is 14.2. The van der Waals surface area contributed by atoms with Gasteiger partial charge in [0.2, 0.25) is 5.91 Å². The SMILES string of the molecule is CCOc1cc(C(Nc2ccc3c(N)nccc3c2)C(=O)N[C@H](CC(=O)O)c2ccccc2S(=O)(=O)C(C)C)ccc1OC(C)C.O=C(O)C(F)(F)F. The van der Waals surface area contributed by atoms with E-state index in [0.717, 1.165) is 10.8 Å². The molecule has 1 heterocycles. The molecule has 0 saturated carbocycles. The number of fused-ring (bicyclic) bond motifs is 1. The number of nitrogens with two attached hydrogens (primary N) is 1. The molecule has 0 aliphatic rings. The van der Waals surface area contributed by atoms with Gasteiger partial charge in [-0.1, -0.05) is 24.3 Å². The summed E-state index contributed by atoms with van der Waals surface area (Å²) < 4.78 is 70.0. The molecule has 4 rings (SSSR count). The van der Waals surface area contributed by atoms with Crippen LogP contribution < -0.4 is 25.8 Å². The quantitative estimate of drug-likeness (QED) is 0.0959. The summed E-state index contributed by atoms with van der Waals surface area (Å²) in [6, 6.07) is 16.2. The number of hydrogen-bond acceptors (Lipinski definition) is 10. The highest BCUT2D eigenvalue weighted by atomic mass is 32.2. The number of nitrogens with zero attached hydrogens (tertiary/aromatic N) is 1. The van der Waals surface area contributed by atoms with E-state index in [4.69, 9.17) is 25.1 Å². The summed E-state index contributed by atoms with van der Waals surface area (Å²) >= 11 is 0. The van der Waals surface area contributed by atoms with E-state index in [-0.39, 0.29) is 16.6 Å². The summed E-state index contributed by atoms with van der Waals surface area (Å²) in [5.41, 5.74) is 7.31. The molecule has 0 spiro atoms. The maximum absolute atomic E-state index is 14.2. The number of alkyl halides is 3. The number of hydrogen-bond donors (Lipinski definition) is 5. The number of anilines is 2. The molecule has 0 radical (unpaired) electrons. The molecule has 1 amide bonds. The number of sulfone groups is 1. The van der Waals surface area contributed by atoms with E-state index in [1.54, 1.807) is 68.6 Å². The second kappa shape index (κ2) is 17.8. The Bertz CT molecular complexity index is 2040. The molecule has 17 heteroatoms. The average molecular weight is 763 g/mol. The summed E-state index contributed by atoms with van der Waals surface area (Å²) in [5, 5.41) is 23.8. The molecule has 0 bridgehead atoms. The molecule has 286 valence electrons. The molecule has 6 N–H and O–H groups in total. The largest absolute Gasteiger partial charge is 0.490 e. The van der Waals surface area contributed by atoms with E-state index >= 15 is 0 Å². The van der Waals surface area contributed by atoms with Gasteiger partial charge in [-0.3, -0.25) is 9.59 Å². The lowest BCUT2D eigenvalue weighted by molar-refractivity contribution is -0.192. The number of pyridine rings is 1. The highest BCUT2D eigenvalue weighted by Gasteiger charge is 2.38. The average Bonchev–Trinajstić information content (AvgIpc) is 3.07. The van der Waals surface area contributed by atoms with Crippen molar-refractivity contribution in [1.29, 1.82) is 0 Å². The number of benzene rings is 3. The number of amides is 1. The summed E-state index contributed by atoms with van der Waals surface area (Å²) in [4.78, 5) is 39.3. The Balaban J connectivity index is 0.000000980. The molecule has 0 saturated heterocycles. The fraction of sp³-hybridized carbons (Fsp3) is 0.333. The van der Waals surface area contributed by atoms with Gasteiger partial charge in [0.25, 0.3) is 0 Å². The molecule has 1 aromatic heterocycles. The van der Waals surface area contributed by atoms with Gasteiger partial charge in [0, 0.05) is 17.3 Å². The molecule has 3 aromatic carbocycles. The van der Waals surface area contributed by atoms with Gasteiger partial charge >= 0.3 is 18.1 Å². The van der Waals surface area contributed by atoms with Crippen LogP contribution in [0.5, 0.6) is 11.5 Å². The van der Waals surface area contributed by atoms with Gasteiger partial charge in [-0.25, -0.2) is 18.2 Å². The summed E-state index contributed by atoms with van der Waals surface area (Å²) in [6.07, 6.45) is -4.16. The standard InChI is InChI=1S/C34H40N4O7S.C2HF3O2/c1-6-44-29-18-23(11-14-28(29)45-20(2)3)32(37-24-12-13-25-22(17-24)15-16-36-33(25)35)34(41)38-27(19-31(39)40)26-9-7-8-10-30(26)46(42,43)21(4)5;3-2(4,5)1(6)7/h7-18,20-21,27,32,37H,6,19H2,1-5H3,(H2,35,36)(H,38,41)(H,39,40);(H,6,7)/t27-,32?;/m1./s1. The lowest BCUT2D eigenvalue weighted by atomic mass is 10.0. The minimum absolute atomic E-state index is 0.0318. The van der Waals surface area contributed by atoms with Crippen LogP contribution in [0.25, 0.3) is 10.8 Å². The van der Waals surface area contributed by atoms with Gasteiger partial charge in [0.1, 0.15) is 11.9 Å². The molecular weight excluding hydrogens is 721 g/mol. The van der Waals surface area contributed by atoms with E-state index in [2.05, 4.69) is 15.6 Å². The first-order valence-electron chi connectivity index (χ1n) is 16.2. The van der Waals surface area contributed by atoms with Crippen molar-refractivity contribution in [2.75, 3.05) is 17.7 Å². The number of aliphatic carboxylic acids is 2. The lowest BCUT2D eigenvalue weighted by Crippen LogP contribution is -2.37. The van der Waals surface area contributed by atoms with Crippen LogP contribution in [-0.2, 0) is 24.2 Å². The van der Waals surface area contributed by atoms with Crippen molar-refractivity contribution in [3.05, 3.63) is 84.1 Å². The number of carboxylic acid groups (broad SMARTS) is 2. The molecule has 13 nitrogen and oxygen atoms in total. The number of halogens is 3. The summed E-state index contributed by atoms with van der Waals surface area (Å²) in [7, 11) is -3.80. The zero-order valence-electron chi connectivity index (χ0n) is 29.5. The number of ether oxygens (including phenoxy) is 2. The number of aromatic nitrogens is 1. The predicted molar refractivity (Wildman–Crippen MR) is 191 cm³/mol. The van der Waals surface area contributed by atoms with E-state index in [1.807, 2.05) is 26.8 Å². The Morgan fingerprint density at radius 2 is 1.60 bits per heavy atom. The normalized spacial score (nSPS) is 12.7. The van der Waals surface area contributed by atoms with E-state index in [0.29, 0.717) is 35.2 Å². The van der Waals surface area contributed by atoms with Crippen LogP contribution in [0, 0.1) is 0 Å². The van der Waals surface area contributed by atoms with Crippen molar-refractivity contribution < 1.29 is 55.7 Å². The molecule has 53 heavy (non-hydrogen) atoms. The van der Waals surface area contributed by atoms with Crippen molar-refractivity contribution in [2.45, 2.75) is 75.5 Å². The smallest absolute Gasteiger partial charge is 0.490 e. The van der Waals surface area contributed by atoms with Gasteiger partial charge in [-0.15, -0.1) is 0 Å². The lowest BCUT2D eigenvalue weighted by Gasteiger charge is -2.26. The zero-order chi connectivity index (χ0) is 39.7. The molecule has 0 aliphatic heterocycles. The minimum Gasteiger partial charge on any atom is -0.490 e.